The van der Waals surface area contributed by atoms with E-state index in [1.165, 1.54) is 4.88 Å². The maximum atomic E-state index is 5.62. The summed E-state index contributed by atoms with van der Waals surface area (Å²) < 4.78 is 0. The van der Waals surface area contributed by atoms with Gasteiger partial charge in [-0.25, -0.2) is 5.43 Å². The smallest absolute Gasteiger partial charge is 0.0821 e. The minimum Gasteiger partial charge on any atom is -0.271 e. The number of hydrogen-bond acceptors (Lipinski definition) is 5. The lowest BCUT2D eigenvalue weighted by Crippen LogP contribution is -2.29. The first-order valence-corrected chi connectivity index (χ1v) is 5.90. The van der Waals surface area contributed by atoms with Crippen molar-refractivity contribution in [2.75, 3.05) is 0 Å². The Labute approximate surface area is 98.5 Å². The Bertz CT molecular complexity index is 467. The first kappa shape index (κ1) is 11.2. The Morgan fingerprint density at radius 1 is 1.38 bits per heavy atom. The summed E-state index contributed by atoms with van der Waals surface area (Å²) in [5.41, 5.74) is 5.72. The van der Waals surface area contributed by atoms with Crippen LogP contribution in [0.15, 0.2) is 23.6 Å². The quantitative estimate of drug-likeness (QED) is 0.627. The van der Waals surface area contributed by atoms with Crippen LogP contribution in [0.2, 0.25) is 0 Å². The fraction of sp³-hybridized carbons (Fsp3) is 0.273. The molecule has 1 atom stereocenters. The predicted octanol–water partition coefficient (Wildman–Crippen LogP) is 1.71. The molecule has 0 aliphatic heterocycles. The molecule has 0 fully saturated rings. The molecule has 0 aliphatic rings. The van der Waals surface area contributed by atoms with Gasteiger partial charge in [-0.15, -0.1) is 11.3 Å². The van der Waals surface area contributed by atoms with Crippen molar-refractivity contribution in [3.8, 4) is 0 Å². The van der Waals surface area contributed by atoms with Crippen LogP contribution >= 0.6 is 11.3 Å². The van der Waals surface area contributed by atoms with E-state index in [9.17, 15) is 0 Å². The molecule has 84 valence electrons. The molecular weight excluding hydrogens is 220 g/mol. The average molecular weight is 234 g/mol. The van der Waals surface area contributed by atoms with Crippen LogP contribution < -0.4 is 11.3 Å². The van der Waals surface area contributed by atoms with Gasteiger partial charge in [0.05, 0.1) is 17.4 Å². The maximum absolute atomic E-state index is 5.62. The van der Waals surface area contributed by atoms with Crippen molar-refractivity contribution >= 4 is 11.3 Å². The van der Waals surface area contributed by atoms with E-state index < -0.39 is 0 Å². The number of aromatic nitrogens is 2. The van der Waals surface area contributed by atoms with E-state index in [0.29, 0.717) is 0 Å². The molecule has 0 amide bonds. The molecule has 16 heavy (non-hydrogen) atoms. The number of aryl methyl sites for hydroxylation is 2. The third kappa shape index (κ3) is 2.11. The normalized spacial score (nSPS) is 12.7. The molecule has 0 saturated carbocycles. The van der Waals surface area contributed by atoms with E-state index in [2.05, 4.69) is 21.7 Å². The number of thiophene rings is 1. The highest BCUT2D eigenvalue weighted by atomic mass is 32.1. The molecular formula is C11H14N4S. The minimum absolute atomic E-state index is 0.00537. The van der Waals surface area contributed by atoms with E-state index in [-0.39, 0.29) is 6.04 Å². The zero-order valence-corrected chi connectivity index (χ0v) is 10.1. The number of hydrogen-bond donors (Lipinski definition) is 2. The first-order chi connectivity index (χ1) is 7.72. The molecule has 0 radical (unpaired) electrons. The van der Waals surface area contributed by atoms with Crippen molar-refractivity contribution < 1.29 is 0 Å². The molecule has 0 spiro atoms. The third-order valence-corrected chi connectivity index (χ3v) is 3.38. The Balaban J connectivity index is 2.44. The van der Waals surface area contributed by atoms with Gasteiger partial charge in [-0.1, -0.05) is 6.07 Å². The standard InChI is InChI=1S/C11H14N4S/c1-7-6-9(8(2)15-14-7)11(13-12)10-4-3-5-16-10/h3-6,11,13H,12H2,1-2H3. The van der Waals surface area contributed by atoms with E-state index in [4.69, 9.17) is 5.84 Å². The molecule has 0 bridgehead atoms. The highest BCUT2D eigenvalue weighted by molar-refractivity contribution is 7.10. The SMILES string of the molecule is Cc1cc(C(NN)c2cccs2)c(C)nn1. The predicted molar refractivity (Wildman–Crippen MR) is 65.0 cm³/mol. The monoisotopic (exact) mass is 234 g/mol. The van der Waals surface area contributed by atoms with Crippen LogP contribution in [0.5, 0.6) is 0 Å². The van der Waals surface area contributed by atoms with Gasteiger partial charge in [0.2, 0.25) is 0 Å². The summed E-state index contributed by atoms with van der Waals surface area (Å²) in [5, 5.41) is 10.2. The molecule has 0 saturated heterocycles. The molecule has 2 heterocycles. The van der Waals surface area contributed by atoms with Crippen LogP contribution in [0, 0.1) is 13.8 Å². The van der Waals surface area contributed by atoms with Gasteiger partial charge >= 0.3 is 0 Å². The van der Waals surface area contributed by atoms with Gasteiger partial charge in [0, 0.05) is 10.4 Å². The van der Waals surface area contributed by atoms with Crippen LogP contribution in [0.3, 0.4) is 0 Å². The van der Waals surface area contributed by atoms with Gasteiger partial charge < -0.3 is 0 Å². The molecule has 3 N–H and O–H groups in total. The molecule has 4 nitrogen and oxygen atoms in total. The van der Waals surface area contributed by atoms with E-state index in [1.54, 1.807) is 11.3 Å². The fourth-order valence-corrected chi connectivity index (χ4v) is 2.45. The molecule has 2 aromatic heterocycles. The van der Waals surface area contributed by atoms with Crippen molar-refractivity contribution in [2.24, 2.45) is 5.84 Å². The summed E-state index contributed by atoms with van der Waals surface area (Å²) in [4.78, 5) is 1.18. The van der Waals surface area contributed by atoms with Crippen LogP contribution in [0.25, 0.3) is 0 Å². The Kier molecular flexibility index (Phi) is 3.28. The first-order valence-electron chi connectivity index (χ1n) is 5.02. The summed E-state index contributed by atoms with van der Waals surface area (Å²) in [7, 11) is 0. The fourth-order valence-electron chi connectivity index (χ4n) is 1.64. The topological polar surface area (TPSA) is 63.8 Å². The van der Waals surface area contributed by atoms with Crippen molar-refractivity contribution in [3.05, 3.63) is 45.4 Å². The van der Waals surface area contributed by atoms with Gasteiger partial charge in [0.25, 0.3) is 0 Å². The highest BCUT2D eigenvalue weighted by Gasteiger charge is 2.16. The van der Waals surface area contributed by atoms with E-state index in [1.807, 2.05) is 31.4 Å². The summed E-state index contributed by atoms with van der Waals surface area (Å²) in [6.07, 6.45) is 0. The third-order valence-electron chi connectivity index (χ3n) is 2.45. The Hall–Kier alpha value is -1.30. The van der Waals surface area contributed by atoms with Gasteiger partial charge in [-0.3, -0.25) is 5.84 Å². The second-order valence-corrected chi connectivity index (χ2v) is 4.62. The van der Waals surface area contributed by atoms with Crippen LogP contribution in [0.1, 0.15) is 27.9 Å². The van der Waals surface area contributed by atoms with Gasteiger partial charge in [-0.2, -0.15) is 10.2 Å². The number of nitrogens with one attached hydrogen (secondary N) is 1. The number of hydrazine groups is 1. The summed E-state index contributed by atoms with van der Waals surface area (Å²) in [5.74, 6) is 5.62. The lowest BCUT2D eigenvalue weighted by atomic mass is 10.0. The number of nitrogens with zero attached hydrogens (tertiary/aromatic N) is 2. The second kappa shape index (κ2) is 4.69. The zero-order valence-electron chi connectivity index (χ0n) is 9.27. The molecule has 2 aromatic rings. The van der Waals surface area contributed by atoms with Crippen LogP contribution in [-0.4, -0.2) is 10.2 Å². The lowest BCUT2D eigenvalue weighted by molar-refractivity contribution is 0.635. The summed E-state index contributed by atoms with van der Waals surface area (Å²) >= 11 is 1.67. The van der Waals surface area contributed by atoms with Crippen molar-refractivity contribution in [1.29, 1.82) is 0 Å². The summed E-state index contributed by atoms with van der Waals surface area (Å²) in [6.45, 7) is 3.87. The largest absolute Gasteiger partial charge is 0.271 e. The van der Waals surface area contributed by atoms with Crippen molar-refractivity contribution in [1.82, 2.24) is 15.6 Å². The van der Waals surface area contributed by atoms with Gasteiger partial charge in [-0.05, 0) is 31.4 Å². The Morgan fingerprint density at radius 2 is 2.19 bits per heavy atom. The Morgan fingerprint density at radius 3 is 2.81 bits per heavy atom. The van der Waals surface area contributed by atoms with E-state index >= 15 is 0 Å². The number of nitrogens with two attached hydrogens (primary N) is 1. The average Bonchev–Trinajstić information content (AvgIpc) is 2.78. The van der Waals surface area contributed by atoms with Gasteiger partial charge in [0.1, 0.15) is 0 Å². The molecule has 0 aliphatic carbocycles. The maximum Gasteiger partial charge on any atom is 0.0821 e. The lowest BCUT2D eigenvalue weighted by Gasteiger charge is -2.16. The van der Waals surface area contributed by atoms with Crippen LogP contribution in [0.4, 0.5) is 0 Å². The van der Waals surface area contributed by atoms with Crippen molar-refractivity contribution in [2.45, 2.75) is 19.9 Å². The molecule has 2 rings (SSSR count). The minimum atomic E-state index is -0.00537. The van der Waals surface area contributed by atoms with E-state index in [0.717, 1.165) is 17.0 Å². The highest BCUT2D eigenvalue weighted by Crippen LogP contribution is 2.26. The zero-order chi connectivity index (χ0) is 11.5. The molecule has 1 unspecified atom stereocenters. The van der Waals surface area contributed by atoms with Gasteiger partial charge in [0.15, 0.2) is 0 Å². The van der Waals surface area contributed by atoms with Crippen LogP contribution in [-0.2, 0) is 0 Å². The number of rotatable bonds is 3. The van der Waals surface area contributed by atoms with Crippen molar-refractivity contribution in [3.63, 3.8) is 0 Å². The second-order valence-electron chi connectivity index (χ2n) is 3.64. The molecule has 5 heteroatoms. The summed E-state index contributed by atoms with van der Waals surface area (Å²) in [6, 6.07) is 6.09. The molecule has 0 aromatic carbocycles.